The van der Waals surface area contributed by atoms with E-state index in [1.165, 1.54) is 64.2 Å². The van der Waals surface area contributed by atoms with Gasteiger partial charge in [0.15, 0.2) is 12.4 Å². The van der Waals surface area contributed by atoms with Crippen LogP contribution in [0.4, 0.5) is 0 Å². The summed E-state index contributed by atoms with van der Waals surface area (Å²) >= 11 is 0. The van der Waals surface area contributed by atoms with E-state index < -0.39 is 24.3 Å². The summed E-state index contributed by atoms with van der Waals surface area (Å²) in [4.78, 5) is 37.2. The topological polar surface area (TPSA) is 111 Å². The zero-order chi connectivity index (χ0) is 56.2. The zero-order valence-corrected chi connectivity index (χ0v) is 49.3. The number of aliphatic carboxylic acids is 1. The minimum atomic E-state index is -1.64. The second kappa shape index (κ2) is 57.3. The molecule has 0 aromatic heterocycles. The second-order valence-corrected chi connectivity index (χ2v) is 20.6. The van der Waals surface area contributed by atoms with E-state index in [2.05, 4.69) is 160 Å². The van der Waals surface area contributed by atoms with Gasteiger partial charge in [-0.25, -0.2) is 0 Å². The molecule has 0 saturated heterocycles. The van der Waals surface area contributed by atoms with Gasteiger partial charge in [-0.2, -0.15) is 0 Å². The molecule has 0 N–H and O–H groups in total. The van der Waals surface area contributed by atoms with Gasteiger partial charge in [-0.05, 0) is 103 Å². The van der Waals surface area contributed by atoms with Crippen LogP contribution in [0.3, 0.4) is 0 Å². The molecule has 0 heterocycles. The molecule has 0 aliphatic carbocycles. The van der Waals surface area contributed by atoms with Crippen molar-refractivity contribution in [1.82, 2.24) is 0 Å². The largest absolute Gasteiger partial charge is 0.545 e. The molecule has 9 heteroatoms. The molecule has 77 heavy (non-hydrogen) atoms. The zero-order valence-electron chi connectivity index (χ0n) is 49.3. The fourth-order valence-electron chi connectivity index (χ4n) is 7.52. The van der Waals surface area contributed by atoms with E-state index >= 15 is 0 Å². The maximum Gasteiger partial charge on any atom is 0.306 e. The third-order valence-corrected chi connectivity index (χ3v) is 12.1. The van der Waals surface area contributed by atoms with Crippen molar-refractivity contribution in [3.8, 4) is 0 Å². The van der Waals surface area contributed by atoms with Crippen LogP contribution in [0.5, 0.6) is 0 Å². The SMILES string of the molecule is CC/C=C\C/C=C\C/C=C\C/C=C\C/C=C\C/C=C\C/C=C\C/C=C\C/C=C\C/C=C\C/C=C\C/C=C\CCCCC(=O)OC(COC(=O)CCCCCCCCCCCCCCC)COC(OCC[N+](C)(C)C)C(=O)[O-]. The van der Waals surface area contributed by atoms with Crippen LogP contribution in [-0.2, 0) is 33.3 Å². The maximum absolute atomic E-state index is 12.8. The first-order valence-electron chi connectivity index (χ1n) is 30.0. The van der Waals surface area contributed by atoms with Crippen LogP contribution in [0.15, 0.2) is 146 Å². The van der Waals surface area contributed by atoms with Crippen LogP contribution in [-0.4, -0.2) is 82.3 Å². The van der Waals surface area contributed by atoms with Crippen LogP contribution in [0, 0.1) is 0 Å². The number of quaternary nitrogens is 1. The standard InChI is InChI=1S/C68H109NO8/c1-6-8-10-12-14-16-18-20-21-22-23-24-25-26-27-28-29-30-31-32-33-34-35-36-37-38-39-40-41-42-43-44-45-47-49-51-53-55-57-59-66(71)77-64(63-76-68(67(72)73)74-61-60-69(3,4)5)62-75-65(70)58-56-54-52-50-48-46-19-17-15-13-11-9-7-2/h8,10,14,16,20-21,23-24,26-27,29-30,32-33,35-36,38-39,41-42,44-45,49,51,64,68H,6-7,9,11-13,15,17-19,22,25,28,31,34,37,40,43,46-48,50,52-63H2,1-5H3/b10-8-,16-14-,21-20-,24-23-,27-26-,30-29-,33-32-,36-35-,39-38-,42-41-,45-44-,51-49-. The Kier molecular flexibility index (Phi) is 53.8. The van der Waals surface area contributed by atoms with Gasteiger partial charge in [0, 0.05) is 12.8 Å². The normalized spacial score (nSPS) is 13.8. The second-order valence-electron chi connectivity index (χ2n) is 20.6. The van der Waals surface area contributed by atoms with Crippen molar-refractivity contribution in [3.05, 3.63) is 146 Å². The van der Waals surface area contributed by atoms with Gasteiger partial charge >= 0.3 is 11.9 Å². The fraction of sp³-hybridized carbons (Fsp3) is 0.603. The van der Waals surface area contributed by atoms with Crippen molar-refractivity contribution < 1.29 is 42.9 Å². The number of carbonyl (C=O) groups is 3. The van der Waals surface area contributed by atoms with Gasteiger partial charge in [-0.15, -0.1) is 0 Å². The summed E-state index contributed by atoms with van der Waals surface area (Å²) in [7, 11) is 5.89. The number of hydrogen-bond acceptors (Lipinski definition) is 8. The highest BCUT2D eigenvalue weighted by Gasteiger charge is 2.22. The molecule has 0 aliphatic rings. The first kappa shape index (κ1) is 72.2. The summed E-state index contributed by atoms with van der Waals surface area (Å²) in [5.41, 5.74) is 0. The lowest BCUT2D eigenvalue weighted by atomic mass is 10.0. The van der Waals surface area contributed by atoms with Crippen LogP contribution in [0.1, 0.15) is 206 Å². The van der Waals surface area contributed by atoms with Crippen molar-refractivity contribution in [2.24, 2.45) is 0 Å². The van der Waals surface area contributed by atoms with Gasteiger partial charge < -0.3 is 33.3 Å². The van der Waals surface area contributed by atoms with E-state index in [4.69, 9.17) is 18.9 Å². The van der Waals surface area contributed by atoms with E-state index in [1.807, 2.05) is 21.1 Å². The lowest BCUT2D eigenvalue weighted by Crippen LogP contribution is -2.44. The lowest BCUT2D eigenvalue weighted by molar-refractivity contribution is -0.870. The van der Waals surface area contributed by atoms with Crippen molar-refractivity contribution >= 4 is 17.9 Å². The molecule has 0 rings (SSSR count). The molecule has 9 nitrogen and oxygen atoms in total. The molecule has 2 atom stereocenters. The number of nitrogens with zero attached hydrogens (tertiary/aromatic N) is 1. The smallest absolute Gasteiger partial charge is 0.306 e. The van der Waals surface area contributed by atoms with Gasteiger partial charge in [0.25, 0.3) is 0 Å². The number of rotatable bonds is 53. The molecule has 0 aromatic rings. The van der Waals surface area contributed by atoms with E-state index in [9.17, 15) is 19.5 Å². The average molecular weight is 1070 g/mol. The number of allylic oxidation sites excluding steroid dienone is 24. The minimum Gasteiger partial charge on any atom is -0.545 e. The van der Waals surface area contributed by atoms with Crippen molar-refractivity contribution in [3.63, 3.8) is 0 Å². The summed E-state index contributed by atoms with van der Waals surface area (Å²) in [6.45, 7) is 4.56. The van der Waals surface area contributed by atoms with Crippen LogP contribution >= 0.6 is 0 Å². The van der Waals surface area contributed by atoms with Crippen LogP contribution in [0.2, 0.25) is 0 Å². The molecule has 0 amide bonds. The minimum absolute atomic E-state index is 0.133. The Morgan fingerprint density at radius 3 is 1.10 bits per heavy atom. The predicted octanol–water partition coefficient (Wildman–Crippen LogP) is 16.7. The number of hydrogen-bond donors (Lipinski definition) is 0. The van der Waals surface area contributed by atoms with Crippen LogP contribution < -0.4 is 5.11 Å². The highest BCUT2D eigenvalue weighted by molar-refractivity contribution is 5.70. The summed E-state index contributed by atoms with van der Waals surface area (Å²) in [5, 5.41) is 11.8. The predicted molar refractivity (Wildman–Crippen MR) is 324 cm³/mol. The molecular weight excluding hydrogens is 959 g/mol. The van der Waals surface area contributed by atoms with Crippen molar-refractivity contribution in [2.45, 2.75) is 219 Å². The highest BCUT2D eigenvalue weighted by atomic mass is 16.7. The molecule has 0 aromatic carbocycles. The Morgan fingerprint density at radius 1 is 0.403 bits per heavy atom. The van der Waals surface area contributed by atoms with Gasteiger partial charge in [-0.3, -0.25) is 9.59 Å². The van der Waals surface area contributed by atoms with Crippen molar-refractivity contribution in [2.75, 3.05) is 47.5 Å². The molecule has 434 valence electrons. The lowest BCUT2D eigenvalue weighted by Gasteiger charge is -2.26. The molecule has 0 fully saturated rings. The number of ether oxygens (including phenoxy) is 4. The fourth-order valence-corrected chi connectivity index (χ4v) is 7.52. The Bertz CT molecular complexity index is 1770. The van der Waals surface area contributed by atoms with Gasteiger partial charge in [0.2, 0.25) is 0 Å². The number of esters is 2. The summed E-state index contributed by atoms with van der Waals surface area (Å²) < 4.78 is 22.6. The van der Waals surface area contributed by atoms with Gasteiger partial charge in [-0.1, -0.05) is 237 Å². The molecular formula is C68H109NO8. The van der Waals surface area contributed by atoms with Crippen molar-refractivity contribution in [1.29, 1.82) is 0 Å². The molecule has 0 radical (unpaired) electrons. The van der Waals surface area contributed by atoms with Gasteiger partial charge in [0.1, 0.15) is 13.2 Å². The molecule has 0 saturated carbocycles. The van der Waals surface area contributed by atoms with E-state index in [-0.39, 0.29) is 38.6 Å². The molecule has 2 unspecified atom stereocenters. The molecule has 0 spiro atoms. The third-order valence-electron chi connectivity index (χ3n) is 12.1. The summed E-state index contributed by atoms with van der Waals surface area (Å²) in [6, 6.07) is 0. The summed E-state index contributed by atoms with van der Waals surface area (Å²) in [6.07, 6.45) is 80.6. The number of carboxylic acid groups (broad SMARTS) is 1. The number of carboxylic acids is 1. The first-order chi connectivity index (χ1) is 37.6. The monoisotopic (exact) mass is 1070 g/mol. The molecule has 0 aliphatic heterocycles. The first-order valence-corrected chi connectivity index (χ1v) is 30.0. The molecule has 0 bridgehead atoms. The van der Waals surface area contributed by atoms with Gasteiger partial charge in [0.05, 0.1) is 40.3 Å². The highest BCUT2D eigenvalue weighted by Crippen LogP contribution is 2.14. The maximum atomic E-state index is 12.8. The Balaban J connectivity index is 4.29. The third kappa shape index (κ3) is 58.7. The Hall–Kier alpha value is -4.83. The van der Waals surface area contributed by atoms with E-state index in [1.54, 1.807) is 0 Å². The summed E-state index contributed by atoms with van der Waals surface area (Å²) in [5.74, 6) is -2.36. The number of carbonyl (C=O) groups excluding carboxylic acids is 3. The number of unbranched alkanes of at least 4 members (excludes halogenated alkanes) is 14. The van der Waals surface area contributed by atoms with Crippen LogP contribution in [0.25, 0.3) is 0 Å². The Labute approximate surface area is 471 Å². The van der Waals surface area contributed by atoms with E-state index in [0.29, 0.717) is 17.4 Å². The quantitative estimate of drug-likeness (QED) is 0.0195. The Morgan fingerprint density at radius 2 is 0.740 bits per heavy atom. The number of likely N-dealkylation sites (N-methyl/N-ethyl adjacent to an activating group) is 1. The average Bonchev–Trinajstić information content (AvgIpc) is 3.40. The van der Waals surface area contributed by atoms with E-state index in [0.717, 1.165) is 109 Å².